The second-order valence-electron chi connectivity index (χ2n) is 7.27. The zero-order valence-electron chi connectivity index (χ0n) is 17.1. The Labute approximate surface area is 176 Å². The number of aryl methyl sites for hydroxylation is 1. The van der Waals surface area contributed by atoms with Crippen LogP contribution in [0.1, 0.15) is 40.7 Å². The number of nitrogens with one attached hydrogen (secondary N) is 1. The number of hydrogen-bond acceptors (Lipinski definition) is 5. The molecule has 1 saturated heterocycles. The summed E-state index contributed by atoms with van der Waals surface area (Å²) in [6, 6.07) is 9.73. The number of ether oxygens (including phenoxy) is 1. The minimum atomic E-state index is -3.16. The smallest absolute Gasteiger partial charge is 0.261 e. The monoisotopic (exact) mass is 436 g/mol. The summed E-state index contributed by atoms with van der Waals surface area (Å²) in [6.07, 6.45) is 1.90. The highest BCUT2D eigenvalue weighted by Crippen LogP contribution is 2.32. The third-order valence-corrected chi connectivity index (χ3v) is 8.31. The number of benzene rings is 1. The lowest BCUT2D eigenvalue weighted by Crippen LogP contribution is -2.46. The number of nitrogens with zero attached hydrogens (tertiary/aromatic N) is 1. The molecule has 6 nitrogen and oxygen atoms in total. The second-order valence-corrected chi connectivity index (χ2v) is 10.6. The summed E-state index contributed by atoms with van der Waals surface area (Å²) in [4.78, 5) is 14.5. The fourth-order valence-electron chi connectivity index (χ4n) is 3.57. The first-order valence-corrected chi connectivity index (χ1v) is 12.3. The lowest BCUT2D eigenvalue weighted by atomic mass is 10.1. The summed E-state index contributed by atoms with van der Waals surface area (Å²) in [5.41, 5.74) is 2.09. The number of rotatable bonds is 7. The van der Waals surface area contributed by atoms with E-state index in [0.29, 0.717) is 37.2 Å². The van der Waals surface area contributed by atoms with Crippen LogP contribution in [-0.2, 0) is 10.0 Å². The van der Waals surface area contributed by atoms with Crippen molar-refractivity contribution < 1.29 is 17.9 Å². The first kappa shape index (κ1) is 21.8. The molecule has 1 aliphatic rings. The van der Waals surface area contributed by atoms with E-state index in [0.717, 1.165) is 21.8 Å². The number of amides is 1. The number of thiophene rings is 1. The van der Waals surface area contributed by atoms with Gasteiger partial charge in [-0.2, -0.15) is 0 Å². The first-order valence-electron chi connectivity index (χ1n) is 9.87. The minimum absolute atomic E-state index is 0.00224. The summed E-state index contributed by atoms with van der Waals surface area (Å²) >= 11 is 1.48. The van der Waals surface area contributed by atoms with Gasteiger partial charge < -0.3 is 10.1 Å². The molecule has 3 rings (SSSR count). The molecule has 1 fully saturated rings. The van der Waals surface area contributed by atoms with Gasteiger partial charge in [-0.05, 0) is 55.5 Å². The van der Waals surface area contributed by atoms with Crippen molar-refractivity contribution in [2.24, 2.45) is 0 Å². The molecule has 2 aromatic rings. The van der Waals surface area contributed by atoms with Crippen molar-refractivity contribution in [3.63, 3.8) is 0 Å². The Kier molecular flexibility index (Phi) is 6.97. The largest absolute Gasteiger partial charge is 0.497 e. The van der Waals surface area contributed by atoms with E-state index in [9.17, 15) is 13.2 Å². The van der Waals surface area contributed by atoms with Gasteiger partial charge in [0.25, 0.3) is 5.91 Å². The van der Waals surface area contributed by atoms with E-state index in [4.69, 9.17) is 4.74 Å². The molecule has 8 heteroatoms. The lowest BCUT2D eigenvalue weighted by Gasteiger charge is -2.31. The van der Waals surface area contributed by atoms with Gasteiger partial charge in [0, 0.05) is 24.0 Å². The van der Waals surface area contributed by atoms with Crippen molar-refractivity contribution in [3.05, 3.63) is 40.1 Å². The molecule has 0 unspecified atom stereocenters. The molecule has 0 radical (unpaired) electrons. The van der Waals surface area contributed by atoms with Crippen molar-refractivity contribution in [1.29, 1.82) is 0 Å². The van der Waals surface area contributed by atoms with E-state index in [1.165, 1.54) is 11.3 Å². The van der Waals surface area contributed by atoms with Gasteiger partial charge in [-0.25, -0.2) is 12.7 Å². The Morgan fingerprint density at radius 1 is 1.24 bits per heavy atom. The van der Waals surface area contributed by atoms with Crippen LogP contribution in [0, 0.1) is 6.92 Å². The highest BCUT2D eigenvalue weighted by atomic mass is 32.2. The molecular weight excluding hydrogens is 408 g/mol. The predicted octanol–water partition coefficient (Wildman–Crippen LogP) is 3.67. The quantitative estimate of drug-likeness (QED) is 0.719. The van der Waals surface area contributed by atoms with Crippen LogP contribution < -0.4 is 10.1 Å². The van der Waals surface area contributed by atoms with Gasteiger partial charge in [0.2, 0.25) is 10.0 Å². The normalized spacial score (nSPS) is 16.0. The van der Waals surface area contributed by atoms with Gasteiger partial charge in [-0.3, -0.25) is 4.79 Å². The van der Waals surface area contributed by atoms with Crippen molar-refractivity contribution in [2.75, 3.05) is 26.0 Å². The molecular formula is C21H28N2O4S2. The molecule has 1 aliphatic heterocycles. The zero-order valence-corrected chi connectivity index (χ0v) is 18.7. The van der Waals surface area contributed by atoms with E-state index in [-0.39, 0.29) is 17.7 Å². The molecule has 29 heavy (non-hydrogen) atoms. The van der Waals surface area contributed by atoms with Gasteiger partial charge in [0.15, 0.2) is 0 Å². The molecule has 1 aromatic carbocycles. The average molecular weight is 437 g/mol. The Morgan fingerprint density at radius 3 is 2.48 bits per heavy atom. The highest BCUT2D eigenvalue weighted by Gasteiger charge is 2.28. The van der Waals surface area contributed by atoms with Crippen LogP contribution in [0.4, 0.5) is 0 Å². The summed E-state index contributed by atoms with van der Waals surface area (Å²) in [6.45, 7) is 4.81. The molecule has 0 spiro atoms. The second kappa shape index (κ2) is 9.28. The predicted molar refractivity (Wildman–Crippen MR) is 117 cm³/mol. The number of sulfonamides is 1. The Morgan fingerprint density at radius 2 is 1.90 bits per heavy atom. The average Bonchev–Trinajstić information content (AvgIpc) is 3.10. The van der Waals surface area contributed by atoms with Crippen molar-refractivity contribution >= 4 is 27.3 Å². The van der Waals surface area contributed by atoms with E-state index in [1.54, 1.807) is 11.4 Å². The van der Waals surface area contributed by atoms with E-state index in [2.05, 4.69) is 5.32 Å². The van der Waals surface area contributed by atoms with Crippen LogP contribution in [0.25, 0.3) is 11.1 Å². The fourth-order valence-corrected chi connectivity index (χ4v) is 6.06. The summed E-state index contributed by atoms with van der Waals surface area (Å²) in [5.74, 6) is 0.895. The van der Waals surface area contributed by atoms with Crippen LogP contribution in [-0.4, -0.2) is 50.6 Å². The van der Waals surface area contributed by atoms with Gasteiger partial charge in [-0.15, -0.1) is 11.3 Å². The topological polar surface area (TPSA) is 75.7 Å². The standard InChI is InChI=1S/C21H28N2O4S2/c1-4-13-29(25,26)23-11-9-17(10-12-23)22-21(24)20-14-19(15(2)28-20)16-5-7-18(27-3)8-6-16/h5-8,14,17H,4,9-13H2,1-3H3,(H,22,24). The maximum Gasteiger partial charge on any atom is 0.261 e. The third kappa shape index (κ3) is 5.18. The molecule has 1 aromatic heterocycles. The molecule has 0 bridgehead atoms. The summed E-state index contributed by atoms with van der Waals surface area (Å²) in [7, 11) is -1.53. The molecule has 2 heterocycles. The highest BCUT2D eigenvalue weighted by molar-refractivity contribution is 7.89. The Hall–Kier alpha value is -1.90. The van der Waals surface area contributed by atoms with Crippen LogP contribution in [0.2, 0.25) is 0 Å². The summed E-state index contributed by atoms with van der Waals surface area (Å²) < 4.78 is 31.1. The van der Waals surface area contributed by atoms with Crippen LogP contribution in [0.3, 0.4) is 0 Å². The number of carbonyl (C=O) groups is 1. The Balaban J connectivity index is 1.62. The molecule has 158 valence electrons. The van der Waals surface area contributed by atoms with Crippen molar-refractivity contribution in [1.82, 2.24) is 9.62 Å². The minimum Gasteiger partial charge on any atom is -0.497 e. The number of carbonyl (C=O) groups excluding carboxylic acids is 1. The van der Waals surface area contributed by atoms with Gasteiger partial charge in [0.1, 0.15) is 5.75 Å². The maximum atomic E-state index is 12.7. The van der Waals surface area contributed by atoms with Crippen molar-refractivity contribution in [3.8, 4) is 16.9 Å². The van der Waals surface area contributed by atoms with Gasteiger partial charge in [0.05, 0.1) is 17.7 Å². The van der Waals surface area contributed by atoms with Gasteiger partial charge in [-0.1, -0.05) is 19.1 Å². The van der Waals surface area contributed by atoms with Crippen LogP contribution in [0.15, 0.2) is 30.3 Å². The molecule has 0 atom stereocenters. The molecule has 0 saturated carbocycles. The van der Waals surface area contributed by atoms with E-state index >= 15 is 0 Å². The number of methoxy groups -OCH3 is 1. The Bertz CT molecular complexity index is 944. The first-order chi connectivity index (χ1) is 13.8. The maximum absolute atomic E-state index is 12.7. The summed E-state index contributed by atoms with van der Waals surface area (Å²) in [5, 5.41) is 3.08. The molecule has 1 amide bonds. The third-order valence-electron chi connectivity index (χ3n) is 5.19. The number of hydrogen-bond donors (Lipinski definition) is 1. The SMILES string of the molecule is CCCS(=O)(=O)N1CCC(NC(=O)c2cc(-c3ccc(OC)cc3)c(C)s2)CC1. The van der Waals surface area contributed by atoms with Crippen molar-refractivity contribution in [2.45, 2.75) is 39.2 Å². The van der Waals surface area contributed by atoms with E-state index < -0.39 is 10.0 Å². The van der Waals surface area contributed by atoms with Crippen LogP contribution >= 0.6 is 11.3 Å². The number of piperidine rings is 1. The molecule has 0 aliphatic carbocycles. The van der Waals surface area contributed by atoms with E-state index in [1.807, 2.05) is 44.2 Å². The molecule has 1 N–H and O–H groups in total. The zero-order chi connectivity index (χ0) is 21.0. The van der Waals surface area contributed by atoms with Gasteiger partial charge >= 0.3 is 0 Å². The lowest BCUT2D eigenvalue weighted by molar-refractivity contribution is 0.0928. The van der Waals surface area contributed by atoms with Crippen LogP contribution in [0.5, 0.6) is 5.75 Å². The fraction of sp³-hybridized carbons (Fsp3) is 0.476.